The molecule has 3 N–H and O–H groups in total. The number of allylic oxidation sites excluding steroid dienone is 31. The summed E-state index contributed by atoms with van der Waals surface area (Å²) in [6.45, 7) is 4.21. The van der Waals surface area contributed by atoms with Gasteiger partial charge in [0.2, 0.25) is 0 Å². The minimum atomic E-state index is -5.02. The number of aliphatic hydroxyl groups is 1. The van der Waals surface area contributed by atoms with Gasteiger partial charge < -0.3 is 33.8 Å². The molecule has 0 radical (unpaired) electrons. The molecule has 0 aliphatic carbocycles. The minimum Gasteiger partial charge on any atom is -0.462 e. The molecule has 0 heterocycles. The molecule has 0 aromatic rings. The van der Waals surface area contributed by atoms with Crippen LogP contribution in [0.5, 0.6) is 0 Å². The van der Waals surface area contributed by atoms with E-state index in [1.54, 1.807) is 12.2 Å². The van der Waals surface area contributed by atoms with E-state index in [1.807, 2.05) is 12.2 Å². The van der Waals surface area contributed by atoms with Crippen LogP contribution >= 0.6 is 15.6 Å². The summed E-state index contributed by atoms with van der Waals surface area (Å²) in [7, 11) is -10.0. The van der Waals surface area contributed by atoms with Crippen molar-refractivity contribution in [3.63, 3.8) is 0 Å². The molecule has 0 spiro atoms. The summed E-state index contributed by atoms with van der Waals surface area (Å²) < 4.78 is 68.4. The molecule has 0 bridgehead atoms. The van der Waals surface area contributed by atoms with Gasteiger partial charge in [0.25, 0.3) is 0 Å². The molecule has 0 aromatic carbocycles. The first kappa shape index (κ1) is 99.9. The first-order valence-electron chi connectivity index (χ1n) is 39.7. The Hall–Kier alpha value is -6.10. The van der Waals surface area contributed by atoms with Crippen molar-refractivity contribution in [2.75, 3.05) is 39.6 Å². The van der Waals surface area contributed by atoms with Crippen LogP contribution in [0.3, 0.4) is 0 Å². The Labute approximate surface area is 640 Å². The van der Waals surface area contributed by atoms with E-state index in [1.165, 1.54) is 0 Å². The number of phosphoric acid groups is 2. The highest BCUT2D eigenvalue weighted by Gasteiger charge is 2.30. The third kappa shape index (κ3) is 76.1. The van der Waals surface area contributed by atoms with Crippen LogP contribution in [0.1, 0.15) is 272 Å². The smallest absolute Gasteiger partial charge is 0.462 e. The van der Waals surface area contributed by atoms with Crippen molar-refractivity contribution >= 4 is 39.5 Å². The lowest BCUT2D eigenvalue weighted by atomic mass is 10.1. The van der Waals surface area contributed by atoms with Crippen molar-refractivity contribution in [2.45, 2.75) is 290 Å². The van der Waals surface area contributed by atoms with Crippen LogP contribution in [0.2, 0.25) is 0 Å². The number of carbonyl (C=O) groups is 4. The molecule has 0 rings (SSSR count). The Morgan fingerprint density at radius 2 is 0.500 bits per heavy atom. The van der Waals surface area contributed by atoms with Crippen LogP contribution in [0.25, 0.3) is 0 Å². The van der Waals surface area contributed by atoms with Crippen molar-refractivity contribution < 1.29 is 80.2 Å². The molecule has 0 saturated carbocycles. The number of ether oxygens (including phenoxy) is 4. The van der Waals surface area contributed by atoms with Gasteiger partial charge in [0.15, 0.2) is 12.2 Å². The summed E-state index contributed by atoms with van der Waals surface area (Å²) in [6, 6.07) is 0. The van der Waals surface area contributed by atoms with Crippen molar-refractivity contribution in [3.05, 3.63) is 194 Å². The van der Waals surface area contributed by atoms with E-state index in [9.17, 15) is 43.2 Å². The van der Waals surface area contributed by atoms with Crippen LogP contribution in [0.15, 0.2) is 194 Å². The van der Waals surface area contributed by atoms with E-state index in [4.69, 9.17) is 37.0 Å². The number of unbranched alkanes of at least 4 members (excludes halogenated alkanes) is 15. The number of carbonyl (C=O) groups excluding carboxylic acids is 4. The predicted molar refractivity (Wildman–Crippen MR) is 436 cm³/mol. The molecule has 0 aromatic heterocycles. The maximum atomic E-state index is 13.1. The number of hydrogen-bond acceptors (Lipinski definition) is 15. The standard InChI is InChI=1S/C87H138O17P2/c1-5-9-13-17-21-25-29-33-37-39-40-42-46-48-52-56-60-64-68-72-85(90)98-78-83(104-87(92)74-70-66-62-58-54-50-44-36-32-28-24-20-16-12-8-4)80-102-106(95,96)100-76-81(88)75-99-105(93,94)101-79-82(103-86(91)73-69-65-61-57-53-49-43-35-31-27-23-19-15-11-7-3)77-97-84(89)71-67-63-59-55-51-47-45-41-38-34-30-26-22-18-14-10-6-2/h9-16,21-28,33-38,40,42-44,48,52,54,58,66,70,81-83,88H,5-8,17-20,29-32,39,41,45-47,49-51,53,55-57,59-65,67-69,71-80H2,1-4H3,(H,93,94)(H,95,96)/b13-9-,14-10-,15-11-,16-12-,25-21-,26-22-,27-23-,28-24-,37-33-,38-34-,42-40-,43-35-,44-36-,52-48-,58-54-,70-66-. The summed E-state index contributed by atoms with van der Waals surface area (Å²) in [5.74, 6) is -2.41. The molecule has 598 valence electrons. The van der Waals surface area contributed by atoms with Gasteiger partial charge in [-0.05, 0) is 161 Å². The molecular formula is C87H138O17P2. The predicted octanol–water partition coefficient (Wildman–Crippen LogP) is 23.3. The van der Waals surface area contributed by atoms with E-state index >= 15 is 0 Å². The third-order valence-corrected chi connectivity index (χ3v) is 17.5. The van der Waals surface area contributed by atoms with Gasteiger partial charge in [-0.1, -0.05) is 280 Å². The first-order chi connectivity index (χ1) is 51.7. The van der Waals surface area contributed by atoms with Crippen LogP contribution in [-0.2, 0) is 65.4 Å². The lowest BCUT2D eigenvalue weighted by Gasteiger charge is -2.21. The summed E-state index contributed by atoms with van der Waals surface area (Å²) in [6.07, 6.45) is 94.4. The normalized spacial score (nSPS) is 14.9. The van der Waals surface area contributed by atoms with E-state index in [2.05, 4.69) is 198 Å². The molecule has 0 amide bonds. The lowest BCUT2D eigenvalue weighted by Crippen LogP contribution is -2.30. The number of phosphoric ester groups is 2. The van der Waals surface area contributed by atoms with Crippen LogP contribution in [0.4, 0.5) is 0 Å². The molecule has 0 saturated heterocycles. The number of rotatable bonds is 72. The van der Waals surface area contributed by atoms with Gasteiger partial charge in [-0.25, -0.2) is 9.13 Å². The molecule has 19 heteroatoms. The Bertz CT molecular complexity index is 2780. The highest BCUT2D eigenvalue weighted by molar-refractivity contribution is 7.47. The van der Waals surface area contributed by atoms with Gasteiger partial charge in [-0.2, -0.15) is 0 Å². The average molecular weight is 1520 g/mol. The van der Waals surface area contributed by atoms with Gasteiger partial charge in [0, 0.05) is 19.3 Å². The Morgan fingerprint density at radius 1 is 0.274 bits per heavy atom. The SMILES string of the molecule is CC/C=C\C/C=C\C/C=C\C/C=C\C/C=C\CCCCCC(=O)OCC(COP(=O)(O)OCC(O)COP(=O)(O)OCC(COC(=O)CCCCCCCCC/C=C\C/C=C\C/C=C\CC)OC(=O)CCCCCCC/C=C\C/C=C\C/C=C\CC)OC(=O)C/C=C\C/C=C\C/C=C\C/C=C\C/C=C\CC. The van der Waals surface area contributed by atoms with Crippen molar-refractivity contribution in [1.82, 2.24) is 0 Å². The summed E-state index contributed by atoms with van der Waals surface area (Å²) in [4.78, 5) is 73.0. The Morgan fingerprint density at radius 3 is 0.802 bits per heavy atom. The second-order valence-corrected chi connectivity index (χ2v) is 28.4. The van der Waals surface area contributed by atoms with Crippen molar-refractivity contribution in [1.29, 1.82) is 0 Å². The van der Waals surface area contributed by atoms with E-state index in [0.717, 1.165) is 193 Å². The lowest BCUT2D eigenvalue weighted by molar-refractivity contribution is -0.161. The van der Waals surface area contributed by atoms with Crippen LogP contribution in [-0.4, -0.2) is 96.7 Å². The molecule has 5 unspecified atom stereocenters. The molecule has 0 aliphatic rings. The van der Waals surface area contributed by atoms with Crippen LogP contribution < -0.4 is 0 Å². The summed E-state index contributed by atoms with van der Waals surface area (Å²) in [5, 5.41) is 10.6. The molecule has 0 aliphatic heterocycles. The van der Waals surface area contributed by atoms with E-state index in [-0.39, 0.29) is 25.7 Å². The number of aliphatic hydroxyl groups excluding tert-OH is 1. The average Bonchev–Trinajstić information content (AvgIpc) is 0.909. The highest BCUT2D eigenvalue weighted by Crippen LogP contribution is 2.45. The Kier molecular flexibility index (Phi) is 72.6. The zero-order valence-corrected chi connectivity index (χ0v) is 67.1. The topological polar surface area (TPSA) is 237 Å². The molecule has 106 heavy (non-hydrogen) atoms. The molecule has 5 atom stereocenters. The van der Waals surface area contributed by atoms with Gasteiger partial charge in [0.05, 0.1) is 32.8 Å². The van der Waals surface area contributed by atoms with Gasteiger partial charge >= 0.3 is 39.5 Å². The van der Waals surface area contributed by atoms with Crippen molar-refractivity contribution in [2.24, 2.45) is 0 Å². The summed E-state index contributed by atoms with van der Waals surface area (Å²) >= 11 is 0. The summed E-state index contributed by atoms with van der Waals surface area (Å²) in [5.41, 5.74) is 0. The van der Waals surface area contributed by atoms with E-state index < -0.39 is 97.5 Å². The molecule has 17 nitrogen and oxygen atoms in total. The third-order valence-electron chi connectivity index (χ3n) is 15.6. The second kappa shape index (κ2) is 77.1. The van der Waals surface area contributed by atoms with Crippen molar-refractivity contribution in [3.8, 4) is 0 Å². The quantitative estimate of drug-likeness (QED) is 0.0169. The maximum Gasteiger partial charge on any atom is 0.472 e. The Balaban J connectivity index is 5.50. The molecule has 0 fully saturated rings. The second-order valence-electron chi connectivity index (χ2n) is 25.5. The fourth-order valence-electron chi connectivity index (χ4n) is 9.70. The first-order valence-corrected chi connectivity index (χ1v) is 42.7. The van der Waals surface area contributed by atoms with Gasteiger partial charge in [0.1, 0.15) is 19.3 Å². The van der Waals surface area contributed by atoms with Gasteiger partial charge in [-0.15, -0.1) is 0 Å². The number of hydrogen-bond donors (Lipinski definition) is 3. The highest BCUT2D eigenvalue weighted by atomic mass is 31.2. The zero-order valence-electron chi connectivity index (χ0n) is 65.3. The molecular weight excluding hydrogens is 1380 g/mol. The monoisotopic (exact) mass is 1520 g/mol. The van der Waals surface area contributed by atoms with E-state index in [0.29, 0.717) is 25.7 Å². The number of esters is 4. The van der Waals surface area contributed by atoms with Crippen LogP contribution in [0, 0.1) is 0 Å². The fourth-order valence-corrected chi connectivity index (χ4v) is 11.3. The van der Waals surface area contributed by atoms with Gasteiger partial charge in [-0.3, -0.25) is 37.3 Å². The minimum absolute atomic E-state index is 0.0626. The maximum absolute atomic E-state index is 13.1. The fraction of sp³-hybridized carbons (Fsp3) is 0.586. The largest absolute Gasteiger partial charge is 0.472 e. The zero-order chi connectivity index (χ0) is 77.4.